The molecule has 0 saturated heterocycles. The largest absolute Gasteiger partial charge is 0.478 e. The molecular weight excluding hydrogens is 244 g/mol. The van der Waals surface area contributed by atoms with Gasteiger partial charge in [-0.1, -0.05) is 6.07 Å². The van der Waals surface area contributed by atoms with Gasteiger partial charge in [-0.05, 0) is 19.2 Å². The van der Waals surface area contributed by atoms with E-state index >= 15 is 0 Å². The molecule has 2 rings (SSSR count). The third kappa shape index (κ3) is 3.17. The Kier molecular flexibility index (Phi) is 3.91. The number of carboxylic acids is 1. The Morgan fingerprint density at radius 2 is 2.21 bits per heavy atom. The fourth-order valence-electron chi connectivity index (χ4n) is 1.91. The molecule has 0 amide bonds. The monoisotopic (exact) mass is 260 g/mol. The Morgan fingerprint density at radius 1 is 1.42 bits per heavy atom. The number of carboxylic acid groups (broad SMARTS) is 1. The molecule has 0 bridgehead atoms. The lowest BCUT2D eigenvalue weighted by Crippen LogP contribution is -2.21. The summed E-state index contributed by atoms with van der Waals surface area (Å²) in [5.74, 6) is -0.950. The summed E-state index contributed by atoms with van der Waals surface area (Å²) in [6, 6.07) is 5.74. The van der Waals surface area contributed by atoms with Crippen LogP contribution in [0.5, 0.6) is 0 Å². The van der Waals surface area contributed by atoms with E-state index < -0.39 is 5.97 Å². The van der Waals surface area contributed by atoms with Gasteiger partial charge in [-0.3, -0.25) is 14.6 Å². The number of carbonyl (C=O) groups is 1. The second kappa shape index (κ2) is 5.62. The van der Waals surface area contributed by atoms with Crippen LogP contribution in [0, 0.1) is 0 Å². The summed E-state index contributed by atoms with van der Waals surface area (Å²) < 4.78 is 1.60. The van der Waals surface area contributed by atoms with Gasteiger partial charge < -0.3 is 5.11 Å². The normalized spacial score (nSPS) is 10.9. The summed E-state index contributed by atoms with van der Waals surface area (Å²) in [6.07, 6.45) is 3.13. The molecule has 6 nitrogen and oxygen atoms in total. The minimum absolute atomic E-state index is 0.246. The van der Waals surface area contributed by atoms with Gasteiger partial charge in [0.05, 0.1) is 17.6 Å². The zero-order valence-electron chi connectivity index (χ0n) is 10.9. The highest BCUT2D eigenvalue weighted by molar-refractivity contribution is 5.88. The maximum absolute atomic E-state index is 11.1. The second-order valence-electron chi connectivity index (χ2n) is 4.43. The zero-order valence-corrected chi connectivity index (χ0v) is 10.9. The predicted octanol–water partition coefficient (Wildman–Crippen LogP) is 1.15. The summed E-state index contributed by atoms with van der Waals surface area (Å²) >= 11 is 0. The molecule has 19 heavy (non-hydrogen) atoms. The Hall–Kier alpha value is -2.21. The van der Waals surface area contributed by atoms with Gasteiger partial charge in [-0.2, -0.15) is 5.10 Å². The molecule has 2 aromatic heterocycles. The summed E-state index contributed by atoms with van der Waals surface area (Å²) in [7, 11) is 3.67. The molecule has 2 heterocycles. The topological polar surface area (TPSA) is 71.2 Å². The minimum Gasteiger partial charge on any atom is -0.478 e. The lowest BCUT2D eigenvalue weighted by molar-refractivity contribution is 0.0694. The molecule has 0 aliphatic rings. The van der Waals surface area contributed by atoms with Crippen LogP contribution < -0.4 is 0 Å². The number of rotatable bonds is 5. The number of aryl methyl sites for hydroxylation is 1. The van der Waals surface area contributed by atoms with Crippen molar-refractivity contribution < 1.29 is 9.90 Å². The molecular formula is C13H16N4O2. The molecule has 0 aromatic carbocycles. The first-order valence-electron chi connectivity index (χ1n) is 5.90. The number of aromatic carboxylic acids is 1. The predicted molar refractivity (Wildman–Crippen MR) is 69.6 cm³/mol. The first kappa shape index (κ1) is 13.2. The Labute approximate surface area is 111 Å². The van der Waals surface area contributed by atoms with Crippen LogP contribution in [0.1, 0.15) is 21.7 Å². The molecule has 0 saturated carbocycles. The first-order chi connectivity index (χ1) is 9.08. The molecule has 0 fully saturated rings. The van der Waals surface area contributed by atoms with Gasteiger partial charge in [0.2, 0.25) is 0 Å². The lowest BCUT2D eigenvalue weighted by Gasteiger charge is -2.16. The smallest absolute Gasteiger partial charge is 0.339 e. The molecule has 2 aromatic rings. The van der Waals surface area contributed by atoms with Crippen LogP contribution >= 0.6 is 0 Å². The summed E-state index contributed by atoms with van der Waals surface area (Å²) in [5.41, 5.74) is 1.88. The highest BCUT2D eigenvalue weighted by Gasteiger charge is 2.16. The van der Waals surface area contributed by atoms with Gasteiger partial charge in [0.25, 0.3) is 0 Å². The molecule has 100 valence electrons. The van der Waals surface area contributed by atoms with E-state index in [2.05, 4.69) is 10.1 Å². The first-order valence-corrected chi connectivity index (χ1v) is 5.90. The molecule has 0 radical (unpaired) electrons. The van der Waals surface area contributed by atoms with Crippen molar-refractivity contribution in [3.63, 3.8) is 0 Å². The van der Waals surface area contributed by atoms with Crippen molar-refractivity contribution in [1.29, 1.82) is 0 Å². The second-order valence-corrected chi connectivity index (χ2v) is 4.43. The van der Waals surface area contributed by atoms with Crippen LogP contribution in [-0.4, -0.2) is 37.8 Å². The zero-order chi connectivity index (χ0) is 13.8. The van der Waals surface area contributed by atoms with Gasteiger partial charge in [-0.15, -0.1) is 0 Å². The van der Waals surface area contributed by atoms with Crippen LogP contribution in [0.25, 0.3) is 0 Å². The average Bonchev–Trinajstić information content (AvgIpc) is 2.72. The SMILES string of the molecule is CN(Cc1ccccn1)Cc1c(C(=O)O)cnn1C. The summed E-state index contributed by atoms with van der Waals surface area (Å²) in [6.45, 7) is 1.17. The number of nitrogens with zero attached hydrogens (tertiary/aromatic N) is 4. The van der Waals surface area contributed by atoms with E-state index in [1.165, 1.54) is 6.20 Å². The molecule has 0 unspecified atom stereocenters. The van der Waals surface area contributed by atoms with Crippen LogP contribution in [0.4, 0.5) is 0 Å². The van der Waals surface area contributed by atoms with E-state index in [0.717, 1.165) is 5.69 Å². The van der Waals surface area contributed by atoms with Crippen molar-refractivity contribution in [2.75, 3.05) is 7.05 Å². The highest BCUT2D eigenvalue weighted by atomic mass is 16.4. The van der Waals surface area contributed by atoms with Crippen molar-refractivity contribution in [1.82, 2.24) is 19.7 Å². The van der Waals surface area contributed by atoms with Crippen LogP contribution in [-0.2, 0) is 20.1 Å². The van der Waals surface area contributed by atoms with E-state index in [1.54, 1.807) is 17.9 Å². The molecule has 0 atom stereocenters. The standard InChI is InChI=1S/C13H16N4O2/c1-16(8-10-5-3-4-6-14-10)9-12-11(13(18)19)7-15-17(12)2/h3-7H,8-9H2,1-2H3,(H,18,19). The van der Waals surface area contributed by atoms with E-state index in [-0.39, 0.29) is 5.56 Å². The Balaban J connectivity index is 2.09. The van der Waals surface area contributed by atoms with Crippen molar-refractivity contribution in [2.24, 2.45) is 7.05 Å². The van der Waals surface area contributed by atoms with Gasteiger partial charge in [0.1, 0.15) is 5.56 Å². The van der Waals surface area contributed by atoms with Crippen molar-refractivity contribution in [3.05, 3.63) is 47.5 Å². The van der Waals surface area contributed by atoms with E-state index in [9.17, 15) is 4.79 Å². The summed E-state index contributed by atoms with van der Waals surface area (Å²) in [4.78, 5) is 17.3. The maximum Gasteiger partial charge on any atom is 0.339 e. The van der Waals surface area contributed by atoms with Gasteiger partial charge >= 0.3 is 5.97 Å². The summed E-state index contributed by atoms with van der Waals surface area (Å²) in [5, 5.41) is 13.1. The molecule has 0 aliphatic carbocycles. The van der Waals surface area contributed by atoms with Gasteiger partial charge in [-0.25, -0.2) is 4.79 Å². The quantitative estimate of drug-likeness (QED) is 0.873. The molecule has 0 aliphatic heterocycles. The minimum atomic E-state index is -0.950. The van der Waals surface area contributed by atoms with Crippen molar-refractivity contribution >= 4 is 5.97 Å². The molecule has 1 N–H and O–H groups in total. The van der Waals surface area contributed by atoms with Crippen molar-refractivity contribution in [2.45, 2.75) is 13.1 Å². The maximum atomic E-state index is 11.1. The molecule has 6 heteroatoms. The Bertz CT molecular complexity index is 565. The van der Waals surface area contributed by atoms with Crippen LogP contribution in [0.2, 0.25) is 0 Å². The van der Waals surface area contributed by atoms with E-state index in [1.807, 2.05) is 30.1 Å². The van der Waals surface area contributed by atoms with Crippen LogP contribution in [0.3, 0.4) is 0 Å². The molecule has 0 spiro atoms. The third-order valence-electron chi connectivity index (χ3n) is 2.87. The third-order valence-corrected chi connectivity index (χ3v) is 2.87. The fourth-order valence-corrected chi connectivity index (χ4v) is 1.91. The Morgan fingerprint density at radius 3 is 2.84 bits per heavy atom. The van der Waals surface area contributed by atoms with Crippen molar-refractivity contribution in [3.8, 4) is 0 Å². The number of aromatic nitrogens is 3. The van der Waals surface area contributed by atoms with Crippen LogP contribution in [0.15, 0.2) is 30.6 Å². The van der Waals surface area contributed by atoms with E-state index in [0.29, 0.717) is 18.8 Å². The fraction of sp³-hybridized carbons (Fsp3) is 0.308. The number of hydrogen-bond acceptors (Lipinski definition) is 4. The number of hydrogen-bond donors (Lipinski definition) is 1. The van der Waals surface area contributed by atoms with Gasteiger partial charge in [0.15, 0.2) is 0 Å². The van der Waals surface area contributed by atoms with Gasteiger partial charge in [0, 0.05) is 26.3 Å². The average molecular weight is 260 g/mol. The highest BCUT2D eigenvalue weighted by Crippen LogP contribution is 2.11. The number of pyridine rings is 1. The van der Waals surface area contributed by atoms with E-state index in [4.69, 9.17) is 5.11 Å². The lowest BCUT2D eigenvalue weighted by atomic mass is 10.2.